The van der Waals surface area contributed by atoms with Crippen LogP contribution < -0.4 is 5.32 Å². The third-order valence-corrected chi connectivity index (χ3v) is 2.72. The fourth-order valence-electron chi connectivity index (χ4n) is 1.67. The number of esters is 1. The minimum atomic E-state index is -0.656. The normalized spacial score (nSPS) is 10.5. The largest absolute Gasteiger partial charge is 0.465 e. The molecule has 0 unspecified atom stereocenters. The number of rotatable bonds is 8. The van der Waals surface area contributed by atoms with Crippen LogP contribution in [0.1, 0.15) is 28.8 Å². The first-order chi connectivity index (χ1) is 9.19. The molecule has 0 radical (unpaired) electrons. The van der Waals surface area contributed by atoms with Crippen molar-refractivity contribution in [1.82, 2.24) is 5.32 Å². The Morgan fingerprint density at radius 2 is 2.11 bits per heavy atom. The van der Waals surface area contributed by atoms with Gasteiger partial charge in [-0.25, -0.2) is 9.18 Å². The van der Waals surface area contributed by atoms with Crippen LogP contribution in [0.2, 0.25) is 0 Å². The van der Waals surface area contributed by atoms with E-state index >= 15 is 0 Å². The zero-order valence-electron chi connectivity index (χ0n) is 11.4. The maximum atomic E-state index is 13.6. The molecule has 1 N–H and O–H groups in total. The fraction of sp³-hybridized carbons (Fsp3) is 0.500. The second-order valence-electron chi connectivity index (χ2n) is 4.18. The summed E-state index contributed by atoms with van der Waals surface area (Å²) in [5.41, 5.74) is 0.767. The highest BCUT2D eigenvalue weighted by Gasteiger charge is 2.11. The monoisotopic (exact) mass is 269 g/mol. The van der Waals surface area contributed by atoms with Crippen molar-refractivity contribution in [2.45, 2.75) is 19.4 Å². The van der Waals surface area contributed by atoms with E-state index in [0.29, 0.717) is 6.54 Å². The first-order valence-electron chi connectivity index (χ1n) is 6.25. The maximum absolute atomic E-state index is 13.6. The lowest BCUT2D eigenvalue weighted by Crippen LogP contribution is -2.15. The average molecular weight is 269 g/mol. The molecule has 1 rings (SSSR count). The molecule has 0 bridgehead atoms. The van der Waals surface area contributed by atoms with Gasteiger partial charge in [-0.2, -0.15) is 0 Å². The van der Waals surface area contributed by atoms with Crippen molar-refractivity contribution >= 4 is 5.97 Å². The molecule has 0 heterocycles. The van der Waals surface area contributed by atoms with Crippen molar-refractivity contribution in [2.24, 2.45) is 0 Å². The molecule has 106 valence electrons. The topological polar surface area (TPSA) is 47.6 Å². The zero-order valence-corrected chi connectivity index (χ0v) is 11.4. The lowest BCUT2D eigenvalue weighted by atomic mass is 10.1. The van der Waals surface area contributed by atoms with E-state index in [2.05, 4.69) is 10.1 Å². The van der Waals surface area contributed by atoms with E-state index in [1.807, 2.05) is 0 Å². The molecule has 0 aliphatic heterocycles. The third-order valence-electron chi connectivity index (χ3n) is 2.72. The summed E-state index contributed by atoms with van der Waals surface area (Å²) in [6, 6.07) is 4.52. The number of nitrogens with one attached hydrogen (secondary N) is 1. The molecule has 0 amide bonds. The third kappa shape index (κ3) is 5.36. The molecule has 5 heteroatoms. The van der Waals surface area contributed by atoms with E-state index in [9.17, 15) is 9.18 Å². The molecule has 0 aliphatic carbocycles. The Kier molecular flexibility index (Phi) is 7.07. The van der Waals surface area contributed by atoms with Crippen LogP contribution in [0, 0.1) is 5.82 Å². The van der Waals surface area contributed by atoms with Gasteiger partial charge in [0.1, 0.15) is 5.82 Å². The molecule has 0 aliphatic rings. The minimum Gasteiger partial charge on any atom is -0.465 e. The van der Waals surface area contributed by atoms with Crippen molar-refractivity contribution in [3.63, 3.8) is 0 Å². The maximum Gasteiger partial charge on any atom is 0.340 e. The van der Waals surface area contributed by atoms with Gasteiger partial charge in [-0.15, -0.1) is 0 Å². The van der Waals surface area contributed by atoms with E-state index in [1.165, 1.54) is 19.2 Å². The molecule has 0 aromatic heterocycles. The number of hydrogen-bond acceptors (Lipinski definition) is 4. The summed E-state index contributed by atoms with van der Waals surface area (Å²) < 4.78 is 23.1. The average Bonchev–Trinajstić information content (AvgIpc) is 2.42. The van der Waals surface area contributed by atoms with Crippen LogP contribution in [0.25, 0.3) is 0 Å². The molecular weight excluding hydrogens is 249 g/mol. The number of ether oxygens (including phenoxy) is 2. The number of carbonyl (C=O) groups excluding carboxylic acids is 1. The van der Waals surface area contributed by atoms with Crippen LogP contribution in [0.4, 0.5) is 4.39 Å². The van der Waals surface area contributed by atoms with Crippen LogP contribution in [-0.4, -0.2) is 33.3 Å². The van der Waals surface area contributed by atoms with Crippen LogP contribution in [0.5, 0.6) is 0 Å². The highest BCUT2D eigenvalue weighted by atomic mass is 19.1. The second-order valence-corrected chi connectivity index (χ2v) is 4.18. The summed E-state index contributed by atoms with van der Waals surface area (Å²) in [6.07, 6.45) is 2.01. The lowest BCUT2D eigenvalue weighted by molar-refractivity contribution is 0.0595. The van der Waals surface area contributed by atoms with Gasteiger partial charge in [0.25, 0.3) is 0 Å². The molecule has 1 aromatic carbocycles. The Morgan fingerprint density at radius 3 is 2.74 bits per heavy atom. The Labute approximate surface area is 112 Å². The Morgan fingerprint density at radius 1 is 1.32 bits per heavy atom. The van der Waals surface area contributed by atoms with Gasteiger partial charge in [0.05, 0.1) is 12.7 Å². The molecule has 0 spiro atoms. The van der Waals surface area contributed by atoms with Crippen molar-refractivity contribution in [3.05, 3.63) is 35.1 Å². The molecule has 1 aromatic rings. The lowest BCUT2D eigenvalue weighted by Gasteiger charge is -2.07. The highest BCUT2D eigenvalue weighted by Crippen LogP contribution is 2.11. The van der Waals surface area contributed by atoms with Crippen molar-refractivity contribution in [2.75, 3.05) is 27.4 Å². The highest BCUT2D eigenvalue weighted by molar-refractivity contribution is 5.89. The molecule has 0 saturated carbocycles. The Bertz CT molecular complexity index is 410. The van der Waals surface area contributed by atoms with Gasteiger partial charge < -0.3 is 14.8 Å². The second kappa shape index (κ2) is 8.61. The van der Waals surface area contributed by atoms with E-state index in [-0.39, 0.29) is 5.56 Å². The molecule has 4 nitrogen and oxygen atoms in total. The first-order valence-corrected chi connectivity index (χ1v) is 6.25. The number of methoxy groups -OCH3 is 2. The van der Waals surface area contributed by atoms with Gasteiger partial charge in [-0.3, -0.25) is 0 Å². The van der Waals surface area contributed by atoms with Crippen molar-refractivity contribution in [1.29, 1.82) is 0 Å². The molecule has 0 saturated heterocycles. The molecule has 0 fully saturated rings. The van der Waals surface area contributed by atoms with Crippen molar-refractivity contribution < 1.29 is 18.7 Å². The Balaban J connectivity index is 2.39. The number of benzene rings is 1. The van der Waals surface area contributed by atoms with Crippen molar-refractivity contribution in [3.8, 4) is 0 Å². The molecule has 19 heavy (non-hydrogen) atoms. The summed E-state index contributed by atoms with van der Waals surface area (Å²) >= 11 is 0. The zero-order chi connectivity index (χ0) is 14.1. The van der Waals surface area contributed by atoms with E-state index in [1.54, 1.807) is 13.2 Å². The summed E-state index contributed by atoms with van der Waals surface area (Å²) in [5, 5.41) is 3.21. The predicted octanol–water partition coefficient (Wildman–Crippen LogP) is 2.13. The number of carbonyl (C=O) groups is 1. The van der Waals surface area contributed by atoms with Gasteiger partial charge in [-0.1, -0.05) is 6.07 Å². The van der Waals surface area contributed by atoms with Crippen LogP contribution in [0.3, 0.4) is 0 Å². The van der Waals surface area contributed by atoms with E-state index in [0.717, 1.165) is 31.6 Å². The molecule has 0 atom stereocenters. The van der Waals surface area contributed by atoms with Gasteiger partial charge in [-0.05, 0) is 37.1 Å². The van der Waals surface area contributed by atoms with Gasteiger partial charge in [0.2, 0.25) is 0 Å². The standard InChI is InChI=1S/C14H20FNO3/c1-18-8-4-3-7-16-10-11-5-6-12(13(15)9-11)14(17)19-2/h5-6,9,16H,3-4,7-8,10H2,1-2H3. The number of unbranched alkanes of at least 4 members (excludes halogenated alkanes) is 1. The van der Waals surface area contributed by atoms with Crippen LogP contribution in [0.15, 0.2) is 18.2 Å². The predicted molar refractivity (Wildman–Crippen MR) is 70.6 cm³/mol. The van der Waals surface area contributed by atoms with Gasteiger partial charge in [0, 0.05) is 20.3 Å². The van der Waals surface area contributed by atoms with E-state index in [4.69, 9.17) is 4.74 Å². The van der Waals surface area contributed by atoms with Crippen LogP contribution in [-0.2, 0) is 16.0 Å². The quantitative estimate of drug-likeness (QED) is 0.580. The Hall–Kier alpha value is -1.46. The van der Waals surface area contributed by atoms with Gasteiger partial charge >= 0.3 is 5.97 Å². The number of halogens is 1. The fourth-order valence-corrected chi connectivity index (χ4v) is 1.67. The summed E-state index contributed by atoms with van der Waals surface area (Å²) in [6.45, 7) is 2.18. The minimum absolute atomic E-state index is 0.0358. The number of hydrogen-bond donors (Lipinski definition) is 1. The van der Waals surface area contributed by atoms with Gasteiger partial charge in [0.15, 0.2) is 0 Å². The summed E-state index contributed by atoms with van der Waals surface area (Å²) in [7, 11) is 2.91. The van der Waals surface area contributed by atoms with E-state index < -0.39 is 11.8 Å². The summed E-state index contributed by atoms with van der Waals surface area (Å²) in [4.78, 5) is 11.2. The molecular formula is C14H20FNO3. The SMILES string of the molecule is COCCCCNCc1ccc(C(=O)OC)c(F)c1. The summed E-state index contributed by atoms with van der Waals surface area (Å²) in [5.74, 6) is -1.21. The smallest absolute Gasteiger partial charge is 0.340 e. The first kappa shape index (κ1) is 15.6. The van der Waals surface area contributed by atoms with Crippen LogP contribution >= 0.6 is 0 Å².